The predicted octanol–water partition coefficient (Wildman–Crippen LogP) is 4.18. The van der Waals surface area contributed by atoms with E-state index in [0.717, 1.165) is 10.0 Å². The lowest BCUT2D eigenvalue weighted by Gasteiger charge is -2.09. The van der Waals surface area contributed by atoms with Gasteiger partial charge in [0.05, 0.1) is 5.69 Å². The van der Waals surface area contributed by atoms with E-state index >= 15 is 0 Å². The van der Waals surface area contributed by atoms with Crippen LogP contribution in [0.15, 0.2) is 34.9 Å². The molecular formula is C12H10BrClN2O. The van der Waals surface area contributed by atoms with E-state index in [1.54, 1.807) is 24.4 Å². The number of benzene rings is 1. The van der Waals surface area contributed by atoms with Crippen LogP contribution in [0, 0.1) is 6.92 Å². The van der Waals surface area contributed by atoms with Crippen LogP contribution in [-0.4, -0.2) is 4.98 Å². The second-order valence-electron chi connectivity index (χ2n) is 3.56. The zero-order chi connectivity index (χ0) is 12.4. The molecule has 0 spiro atoms. The number of hydrogen-bond acceptors (Lipinski definition) is 3. The lowest BCUT2D eigenvalue weighted by atomic mass is 10.2. The Morgan fingerprint density at radius 3 is 2.76 bits per heavy atom. The SMILES string of the molecule is Cc1cc(Cl)ccc1Oc1ncc(Br)cc1N. The summed E-state index contributed by atoms with van der Waals surface area (Å²) in [5.74, 6) is 1.08. The Morgan fingerprint density at radius 2 is 2.12 bits per heavy atom. The molecule has 17 heavy (non-hydrogen) atoms. The maximum Gasteiger partial charge on any atom is 0.242 e. The summed E-state index contributed by atoms with van der Waals surface area (Å²) in [5.41, 5.74) is 7.22. The highest BCUT2D eigenvalue weighted by molar-refractivity contribution is 9.10. The Kier molecular flexibility index (Phi) is 3.54. The van der Waals surface area contributed by atoms with Gasteiger partial charge in [0.1, 0.15) is 5.75 Å². The second-order valence-corrected chi connectivity index (χ2v) is 4.91. The summed E-state index contributed by atoms with van der Waals surface area (Å²) >= 11 is 9.16. The fourth-order valence-corrected chi connectivity index (χ4v) is 1.93. The second kappa shape index (κ2) is 4.94. The van der Waals surface area contributed by atoms with Crippen molar-refractivity contribution in [1.82, 2.24) is 4.98 Å². The van der Waals surface area contributed by atoms with Gasteiger partial charge in [-0.1, -0.05) is 11.6 Å². The Hall–Kier alpha value is -1.26. The van der Waals surface area contributed by atoms with Gasteiger partial charge in [0, 0.05) is 15.7 Å². The highest BCUT2D eigenvalue weighted by atomic mass is 79.9. The molecule has 0 amide bonds. The average molecular weight is 314 g/mol. The third-order valence-electron chi connectivity index (χ3n) is 2.19. The minimum absolute atomic E-state index is 0.388. The minimum Gasteiger partial charge on any atom is -0.437 e. The van der Waals surface area contributed by atoms with Gasteiger partial charge in [0.25, 0.3) is 0 Å². The fourth-order valence-electron chi connectivity index (χ4n) is 1.36. The van der Waals surface area contributed by atoms with E-state index in [1.807, 2.05) is 13.0 Å². The van der Waals surface area contributed by atoms with Crippen LogP contribution < -0.4 is 10.5 Å². The summed E-state index contributed by atoms with van der Waals surface area (Å²) in [5, 5.41) is 0.673. The zero-order valence-corrected chi connectivity index (χ0v) is 11.4. The molecule has 3 nitrogen and oxygen atoms in total. The Morgan fingerprint density at radius 1 is 1.35 bits per heavy atom. The van der Waals surface area contributed by atoms with Crippen molar-refractivity contribution in [2.45, 2.75) is 6.92 Å². The van der Waals surface area contributed by atoms with Crippen LogP contribution in [0.1, 0.15) is 5.56 Å². The maximum atomic E-state index is 5.87. The normalized spacial score (nSPS) is 10.3. The summed E-state index contributed by atoms with van der Waals surface area (Å²) in [7, 11) is 0. The molecule has 0 aliphatic carbocycles. The molecule has 5 heteroatoms. The number of hydrogen-bond donors (Lipinski definition) is 1. The standard InChI is InChI=1S/C12H10BrClN2O/c1-7-4-9(14)2-3-11(7)17-12-10(15)5-8(13)6-16-12/h2-6H,15H2,1H3. The first-order valence-corrected chi connectivity index (χ1v) is 6.08. The third-order valence-corrected chi connectivity index (χ3v) is 2.86. The minimum atomic E-state index is 0.388. The first-order valence-electron chi connectivity index (χ1n) is 4.91. The summed E-state index contributed by atoms with van der Waals surface area (Å²) in [6, 6.07) is 7.12. The van der Waals surface area contributed by atoms with Crippen LogP contribution in [-0.2, 0) is 0 Å². The quantitative estimate of drug-likeness (QED) is 0.904. The molecule has 2 rings (SSSR count). The molecule has 0 bridgehead atoms. The highest BCUT2D eigenvalue weighted by Crippen LogP contribution is 2.30. The van der Waals surface area contributed by atoms with Gasteiger partial charge < -0.3 is 10.5 Å². The number of aryl methyl sites for hydroxylation is 1. The van der Waals surface area contributed by atoms with E-state index in [-0.39, 0.29) is 0 Å². The molecule has 0 aliphatic rings. The molecule has 0 aliphatic heterocycles. The van der Waals surface area contributed by atoms with Gasteiger partial charge in [-0.15, -0.1) is 0 Å². The van der Waals surface area contributed by atoms with Crippen molar-refractivity contribution in [3.8, 4) is 11.6 Å². The Bertz CT molecular complexity index is 511. The number of nitrogens with two attached hydrogens (primary N) is 1. The first kappa shape index (κ1) is 12.2. The number of nitrogens with zero attached hydrogens (tertiary/aromatic N) is 1. The third kappa shape index (κ3) is 2.90. The van der Waals surface area contributed by atoms with Gasteiger partial charge in [-0.25, -0.2) is 4.98 Å². The van der Waals surface area contributed by atoms with Gasteiger partial charge in [-0.05, 0) is 52.7 Å². The van der Waals surface area contributed by atoms with Crippen molar-refractivity contribution >= 4 is 33.2 Å². The summed E-state index contributed by atoms with van der Waals surface area (Å²) in [6.07, 6.45) is 1.64. The summed E-state index contributed by atoms with van der Waals surface area (Å²) in [4.78, 5) is 4.11. The van der Waals surface area contributed by atoms with Crippen molar-refractivity contribution in [3.05, 3.63) is 45.5 Å². The predicted molar refractivity (Wildman–Crippen MR) is 72.6 cm³/mol. The molecule has 1 heterocycles. The van der Waals surface area contributed by atoms with E-state index in [9.17, 15) is 0 Å². The van der Waals surface area contributed by atoms with Crippen molar-refractivity contribution in [2.75, 3.05) is 5.73 Å². The van der Waals surface area contributed by atoms with E-state index < -0.39 is 0 Å². The fraction of sp³-hybridized carbons (Fsp3) is 0.0833. The number of rotatable bonds is 2. The van der Waals surface area contributed by atoms with Crippen molar-refractivity contribution < 1.29 is 4.74 Å². The monoisotopic (exact) mass is 312 g/mol. The van der Waals surface area contributed by atoms with Gasteiger partial charge in [-0.2, -0.15) is 0 Å². The number of nitrogen functional groups attached to an aromatic ring is 1. The molecule has 0 saturated heterocycles. The van der Waals surface area contributed by atoms with Gasteiger partial charge in [-0.3, -0.25) is 0 Å². The van der Waals surface area contributed by atoms with E-state index in [1.165, 1.54) is 0 Å². The number of anilines is 1. The molecule has 0 unspecified atom stereocenters. The summed E-state index contributed by atoms with van der Waals surface area (Å²) in [6.45, 7) is 1.91. The molecule has 0 atom stereocenters. The van der Waals surface area contributed by atoms with Crippen molar-refractivity contribution in [2.24, 2.45) is 0 Å². The number of halogens is 2. The van der Waals surface area contributed by atoms with Gasteiger partial charge in [0.15, 0.2) is 0 Å². The molecule has 88 valence electrons. The Balaban J connectivity index is 2.31. The van der Waals surface area contributed by atoms with Crippen LogP contribution in [0.3, 0.4) is 0 Å². The lowest BCUT2D eigenvalue weighted by molar-refractivity contribution is 0.462. The number of ether oxygens (including phenoxy) is 1. The summed E-state index contributed by atoms with van der Waals surface area (Å²) < 4.78 is 6.45. The van der Waals surface area contributed by atoms with E-state index in [4.69, 9.17) is 22.1 Å². The van der Waals surface area contributed by atoms with Crippen LogP contribution in [0.4, 0.5) is 5.69 Å². The van der Waals surface area contributed by atoms with Crippen LogP contribution in [0.2, 0.25) is 5.02 Å². The largest absolute Gasteiger partial charge is 0.437 e. The number of aromatic nitrogens is 1. The van der Waals surface area contributed by atoms with E-state index in [0.29, 0.717) is 22.3 Å². The van der Waals surface area contributed by atoms with Crippen LogP contribution >= 0.6 is 27.5 Å². The van der Waals surface area contributed by atoms with Gasteiger partial charge in [0.2, 0.25) is 5.88 Å². The van der Waals surface area contributed by atoms with E-state index in [2.05, 4.69) is 20.9 Å². The van der Waals surface area contributed by atoms with Gasteiger partial charge >= 0.3 is 0 Å². The Labute approximate surface area is 113 Å². The zero-order valence-electron chi connectivity index (χ0n) is 9.08. The molecular weight excluding hydrogens is 304 g/mol. The molecule has 0 saturated carbocycles. The first-order chi connectivity index (χ1) is 8.06. The van der Waals surface area contributed by atoms with Crippen LogP contribution in [0.5, 0.6) is 11.6 Å². The number of pyridine rings is 1. The molecule has 1 aromatic carbocycles. The lowest BCUT2D eigenvalue weighted by Crippen LogP contribution is -1.96. The average Bonchev–Trinajstić information content (AvgIpc) is 2.25. The maximum absolute atomic E-state index is 5.87. The molecule has 2 aromatic rings. The topological polar surface area (TPSA) is 48.1 Å². The molecule has 2 N–H and O–H groups in total. The molecule has 0 fully saturated rings. The highest BCUT2D eigenvalue weighted by Gasteiger charge is 2.07. The van der Waals surface area contributed by atoms with Crippen LogP contribution in [0.25, 0.3) is 0 Å². The molecule has 0 radical (unpaired) electrons. The smallest absolute Gasteiger partial charge is 0.242 e. The van der Waals surface area contributed by atoms with Crippen molar-refractivity contribution in [3.63, 3.8) is 0 Å². The van der Waals surface area contributed by atoms with Crippen molar-refractivity contribution in [1.29, 1.82) is 0 Å². The molecule has 1 aromatic heterocycles.